The van der Waals surface area contributed by atoms with Gasteiger partial charge in [-0.05, 0) is 40.4 Å². The monoisotopic (exact) mass is 363 g/mol. The highest BCUT2D eigenvalue weighted by atomic mass is 31.2. The highest BCUT2D eigenvalue weighted by molar-refractivity contribution is 7.91. The van der Waals surface area contributed by atoms with Crippen LogP contribution >= 0.6 is 7.49 Å². The van der Waals surface area contributed by atoms with Crippen molar-refractivity contribution in [3.8, 4) is 0 Å². The van der Waals surface area contributed by atoms with E-state index in [0.717, 1.165) is 27.3 Å². The van der Waals surface area contributed by atoms with E-state index in [4.69, 9.17) is 4.62 Å². The van der Waals surface area contributed by atoms with E-state index in [1.165, 1.54) is 4.85 Å². The molecule has 0 unspecified atom stereocenters. The third-order valence-corrected chi connectivity index (χ3v) is 7.55. The van der Waals surface area contributed by atoms with Gasteiger partial charge in [0.15, 0.2) is 0 Å². The van der Waals surface area contributed by atoms with Crippen molar-refractivity contribution < 1.29 is 4.62 Å². The Morgan fingerprint density at radius 1 is 0.731 bits per heavy atom. The molecule has 0 saturated heterocycles. The molecule has 5 aromatic rings. The molecule has 0 amide bonds. The second-order valence-electron chi connectivity index (χ2n) is 5.81. The predicted molar refractivity (Wildman–Crippen MR) is 102 cm³/mol. The van der Waals surface area contributed by atoms with Gasteiger partial charge in [0, 0.05) is 36.8 Å². The van der Waals surface area contributed by atoms with Gasteiger partial charge >= 0.3 is 7.49 Å². The summed E-state index contributed by atoms with van der Waals surface area (Å²) < 4.78 is 6.65. The molecule has 3 N–H and O–H groups in total. The Kier molecular flexibility index (Phi) is 3.40. The molecule has 128 valence electrons. The summed E-state index contributed by atoms with van der Waals surface area (Å²) in [5, 5.41) is 8.46. The Hall–Kier alpha value is -3.31. The highest BCUT2D eigenvalue weighted by Crippen LogP contribution is 2.52. The molecule has 5 rings (SSSR count). The fourth-order valence-corrected chi connectivity index (χ4v) is 6.15. The molecule has 7 nitrogen and oxygen atoms in total. The van der Waals surface area contributed by atoms with Crippen molar-refractivity contribution in [2.45, 2.75) is 0 Å². The summed E-state index contributed by atoms with van der Waals surface area (Å²) in [6.07, 6.45) is 5.70. The van der Waals surface area contributed by atoms with Crippen molar-refractivity contribution in [2.24, 2.45) is 0 Å². The molecule has 0 atom stereocenters. The van der Waals surface area contributed by atoms with Gasteiger partial charge in [0.2, 0.25) is 16.3 Å². The molecule has 0 aliphatic carbocycles. The van der Waals surface area contributed by atoms with Crippen molar-refractivity contribution in [1.29, 1.82) is 0 Å². The largest absolute Gasteiger partial charge is 0.371 e. The van der Waals surface area contributed by atoms with Gasteiger partial charge in [-0.3, -0.25) is 0 Å². The van der Waals surface area contributed by atoms with E-state index >= 15 is 0 Å². The standard InChI is InChI=1S/C18H16N6OP/c1-2-7-15-14(6-1)22-23-24(15)25-26(16-8-3-11-19-16,17-9-4-12-20-17)18-10-5-13-21-18/h1-13,19-21H/q+1. The molecule has 4 aromatic heterocycles. The van der Waals surface area contributed by atoms with Crippen molar-refractivity contribution in [3.63, 3.8) is 0 Å². The summed E-state index contributed by atoms with van der Waals surface area (Å²) in [5.41, 5.74) is 4.53. The summed E-state index contributed by atoms with van der Waals surface area (Å²) in [5.74, 6) is 0. The maximum Gasteiger partial charge on any atom is 0.371 e. The van der Waals surface area contributed by atoms with E-state index in [-0.39, 0.29) is 0 Å². The number of H-pyrrole nitrogens is 3. The van der Waals surface area contributed by atoms with Gasteiger partial charge in [-0.15, -0.1) is 5.10 Å². The minimum absolute atomic E-state index is 0.787. The molecule has 26 heavy (non-hydrogen) atoms. The highest BCUT2D eigenvalue weighted by Gasteiger charge is 2.55. The number of para-hydroxylation sites is 1. The fraction of sp³-hybridized carbons (Fsp3) is 0. The average molecular weight is 363 g/mol. The average Bonchev–Trinajstić information content (AvgIpc) is 3.49. The third-order valence-electron chi connectivity index (χ3n) is 4.28. The first kappa shape index (κ1) is 15.0. The van der Waals surface area contributed by atoms with Gasteiger partial charge in [-0.1, -0.05) is 12.1 Å². The number of hydrogen-bond donors (Lipinski definition) is 3. The molecule has 0 radical (unpaired) electrons. The van der Waals surface area contributed by atoms with E-state index in [0.29, 0.717) is 0 Å². The smallest absolute Gasteiger partial charge is 0.330 e. The number of fused-ring (bicyclic) bond motifs is 1. The van der Waals surface area contributed by atoms with Crippen LogP contribution in [0.25, 0.3) is 11.0 Å². The summed E-state index contributed by atoms with van der Waals surface area (Å²) in [6, 6.07) is 19.8. The maximum atomic E-state index is 6.65. The van der Waals surface area contributed by atoms with Crippen molar-refractivity contribution >= 4 is 34.8 Å². The van der Waals surface area contributed by atoms with Gasteiger partial charge in [0.25, 0.3) is 0 Å². The predicted octanol–water partition coefficient (Wildman–Crippen LogP) is 1.75. The van der Waals surface area contributed by atoms with Gasteiger partial charge in [0.1, 0.15) is 11.0 Å². The lowest BCUT2D eigenvalue weighted by atomic mass is 10.3. The number of benzene rings is 1. The minimum Gasteiger partial charge on any atom is -0.330 e. The molecule has 4 heterocycles. The van der Waals surface area contributed by atoms with Gasteiger partial charge in [-0.25, -0.2) is 4.62 Å². The van der Waals surface area contributed by atoms with E-state index in [1.54, 1.807) is 0 Å². The first-order valence-electron chi connectivity index (χ1n) is 8.19. The Morgan fingerprint density at radius 3 is 1.85 bits per heavy atom. The summed E-state index contributed by atoms with van der Waals surface area (Å²) in [6.45, 7) is 0. The molecule has 0 aliphatic rings. The van der Waals surface area contributed by atoms with E-state index < -0.39 is 7.49 Å². The number of aromatic nitrogens is 6. The van der Waals surface area contributed by atoms with Gasteiger partial charge < -0.3 is 15.0 Å². The van der Waals surface area contributed by atoms with Crippen molar-refractivity contribution in [1.82, 2.24) is 30.1 Å². The summed E-state index contributed by atoms with van der Waals surface area (Å²) >= 11 is 0. The Morgan fingerprint density at radius 2 is 1.31 bits per heavy atom. The van der Waals surface area contributed by atoms with Crippen LogP contribution in [0.5, 0.6) is 0 Å². The van der Waals surface area contributed by atoms with Crippen molar-refractivity contribution in [3.05, 3.63) is 79.3 Å². The first-order valence-corrected chi connectivity index (χ1v) is 9.90. The molecule has 0 aliphatic heterocycles. The van der Waals surface area contributed by atoms with E-state index in [9.17, 15) is 0 Å². The van der Waals surface area contributed by atoms with Crippen LogP contribution in [0.1, 0.15) is 0 Å². The SMILES string of the molecule is c1c[nH]c([P+](On2nnc3ccccc32)(c2ccc[nH]2)c2ccc[nH]2)c1. The molecule has 1 aromatic carbocycles. The number of rotatable bonds is 5. The lowest BCUT2D eigenvalue weighted by Gasteiger charge is -2.20. The fourth-order valence-electron chi connectivity index (χ4n) is 3.10. The second kappa shape index (κ2) is 5.89. The van der Waals surface area contributed by atoms with Crippen LogP contribution in [0.15, 0.2) is 79.3 Å². The van der Waals surface area contributed by atoms with Crippen LogP contribution in [0, 0.1) is 0 Å². The molecule has 0 fully saturated rings. The topological polar surface area (TPSA) is 87.3 Å². The van der Waals surface area contributed by atoms with Crippen LogP contribution in [0.3, 0.4) is 0 Å². The Labute approximate surface area is 149 Å². The normalized spacial score (nSPS) is 11.8. The van der Waals surface area contributed by atoms with E-state index in [2.05, 4.69) is 25.3 Å². The molecular weight excluding hydrogens is 347 g/mol. The number of nitrogens with one attached hydrogen (secondary N) is 3. The Balaban J connectivity index is 1.76. The molecular formula is C18H16N6OP+. The summed E-state index contributed by atoms with van der Waals surface area (Å²) in [4.78, 5) is 11.5. The second-order valence-corrected chi connectivity index (χ2v) is 8.64. The quantitative estimate of drug-likeness (QED) is 0.416. The molecule has 0 bridgehead atoms. The Bertz CT molecular complexity index is 1030. The van der Waals surface area contributed by atoms with Gasteiger partial charge in [-0.2, -0.15) is 0 Å². The minimum atomic E-state index is -2.51. The maximum absolute atomic E-state index is 6.65. The molecule has 8 heteroatoms. The van der Waals surface area contributed by atoms with E-state index in [1.807, 2.05) is 79.3 Å². The van der Waals surface area contributed by atoms with Crippen LogP contribution < -0.4 is 20.9 Å². The molecule has 0 spiro atoms. The number of aromatic amines is 3. The zero-order chi connectivity index (χ0) is 17.4. The lowest BCUT2D eigenvalue weighted by Crippen LogP contribution is -2.40. The van der Waals surface area contributed by atoms with Crippen LogP contribution in [0.2, 0.25) is 0 Å². The zero-order valence-corrected chi connectivity index (χ0v) is 14.6. The van der Waals surface area contributed by atoms with Crippen molar-refractivity contribution in [2.75, 3.05) is 0 Å². The van der Waals surface area contributed by atoms with Crippen LogP contribution in [-0.4, -0.2) is 30.1 Å². The van der Waals surface area contributed by atoms with Crippen LogP contribution in [0.4, 0.5) is 0 Å². The number of hydrogen-bond acceptors (Lipinski definition) is 3. The number of nitrogens with zero attached hydrogens (tertiary/aromatic N) is 3. The third kappa shape index (κ3) is 2.18. The zero-order valence-electron chi connectivity index (χ0n) is 13.7. The van der Waals surface area contributed by atoms with Crippen LogP contribution in [-0.2, 0) is 0 Å². The van der Waals surface area contributed by atoms with Gasteiger partial charge in [0.05, 0.1) is 0 Å². The first-order chi connectivity index (χ1) is 12.9. The lowest BCUT2D eigenvalue weighted by molar-refractivity contribution is 0.265. The summed E-state index contributed by atoms with van der Waals surface area (Å²) in [7, 11) is -2.51. The molecule has 0 saturated carbocycles.